The highest BCUT2D eigenvalue weighted by molar-refractivity contribution is 7.98. The van der Waals surface area contributed by atoms with Gasteiger partial charge in [-0.1, -0.05) is 66.4 Å². The molecule has 5 rings (SSSR count). The van der Waals surface area contributed by atoms with Crippen LogP contribution < -0.4 is 10.1 Å². The maximum Gasteiger partial charge on any atom is 0.338 e. The van der Waals surface area contributed by atoms with Gasteiger partial charge < -0.3 is 14.8 Å². The average Bonchev–Trinajstić information content (AvgIpc) is 3.29. The van der Waals surface area contributed by atoms with E-state index in [0.717, 1.165) is 17.1 Å². The number of hydrogen-bond donors (Lipinski definition) is 1. The summed E-state index contributed by atoms with van der Waals surface area (Å²) in [5.41, 5.74) is 3.31. The summed E-state index contributed by atoms with van der Waals surface area (Å²) in [5.74, 6) is 1.70. The van der Waals surface area contributed by atoms with E-state index >= 15 is 0 Å². The summed E-state index contributed by atoms with van der Waals surface area (Å²) in [6, 6.07) is 22.0. The monoisotopic (exact) mass is 486 g/mol. The maximum atomic E-state index is 12.9. The summed E-state index contributed by atoms with van der Waals surface area (Å²) in [7, 11) is 1.63. The van der Waals surface area contributed by atoms with Gasteiger partial charge in [0.15, 0.2) is 0 Å². The Bertz CT molecular complexity index is 1410. The molecule has 1 N–H and O–H groups in total. The molecule has 0 aliphatic carbocycles. The van der Waals surface area contributed by atoms with Crippen LogP contribution in [0.5, 0.6) is 5.75 Å². The predicted octanol–water partition coefficient (Wildman–Crippen LogP) is 5.58. The van der Waals surface area contributed by atoms with E-state index in [-0.39, 0.29) is 5.97 Å². The SMILES string of the molecule is CCOC(=O)C1=C(C)Nc2nc(SCc3ccc4ccccc4c3)nn2[C@@H]1c1ccc(OC)cc1. The van der Waals surface area contributed by atoms with Crippen LogP contribution in [0.25, 0.3) is 10.8 Å². The van der Waals surface area contributed by atoms with Gasteiger partial charge in [-0.15, -0.1) is 5.10 Å². The number of allylic oxidation sites excluding steroid dienone is 1. The summed E-state index contributed by atoms with van der Waals surface area (Å²) in [4.78, 5) is 17.7. The molecular formula is C27H26N4O3S. The lowest BCUT2D eigenvalue weighted by Gasteiger charge is -2.28. The van der Waals surface area contributed by atoms with Crippen LogP contribution in [0.1, 0.15) is 31.0 Å². The van der Waals surface area contributed by atoms with Gasteiger partial charge in [0.1, 0.15) is 11.8 Å². The van der Waals surface area contributed by atoms with Crippen LogP contribution in [0.3, 0.4) is 0 Å². The van der Waals surface area contributed by atoms with Gasteiger partial charge in [-0.3, -0.25) is 0 Å². The van der Waals surface area contributed by atoms with E-state index < -0.39 is 6.04 Å². The van der Waals surface area contributed by atoms with Crippen molar-refractivity contribution in [1.82, 2.24) is 14.8 Å². The Morgan fingerprint density at radius 2 is 1.86 bits per heavy atom. The van der Waals surface area contributed by atoms with Crippen LogP contribution in [0.2, 0.25) is 0 Å². The van der Waals surface area contributed by atoms with Gasteiger partial charge in [-0.25, -0.2) is 9.48 Å². The van der Waals surface area contributed by atoms with E-state index in [4.69, 9.17) is 19.6 Å². The Hall–Kier alpha value is -3.78. The molecule has 8 heteroatoms. The highest BCUT2D eigenvalue weighted by atomic mass is 32.2. The molecule has 0 bridgehead atoms. The first-order valence-electron chi connectivity index (χ1n) is 11.4. The third-order valence-corrected chi connectivity index (χ3v) is 6.85. The van der Waals surface area contributed by atoms with E-state index in [1.54, 1.807) is 30.5 Å². The molecule has 0 fully saturated rings. The van der Waals surface area contributed by atoms with Crippen molar-refractivity contribution in [2.24, 2.45) is 0 Å². The number of benzene rings is 3. The van der Waals surface area contributed by atoms with Gasteiger partial charge in [0.2, 0.25) is 11.1 Å². The van der Waals surface area contributed by atoms with Gasteiger partial charge in [-0.2, -0.15) is 4.98 Å². The van der Waals surface area contributed by atoms with Crippen LogP contribution in [0.4, 0.5) is 5.95 Å². The molecule has 0 saturated heterocycles. The van der Waals surface area contributed by atoms with Crippen LogP contribution in [0.15, 0.2) is 83.2 Å². The van der Waals surface area contributed by atoms with Gasteiger partial charge >= 0.3 is 5.97 Å². The highest BCUT2D eigenvalue weighted by Crippen LogP contribution is 2.37. The lowest BCUT2D eigenvalue weighted by atomic mass is 9.96. The molecule has 0 spiro atoms. The second-order valence-electron chi connectivity index (χ2n) is 8.19. The average molecular weight is 487 g/mol. The van der Waals surface area contributed by atoms with E-state index in [0.29, 0.717) is 29.0 Å². The van der Waals surface area contributed by atoms with Crippen molar-refractivity contribution in [3.05, 3.63) is 89.1 Å². The van der Waals surface area contributed by atoms with E-state index in [1.807, 2.05) is 43.3 Å². The number of aromatic nitrogens is 3. The molecule has 0 amide bonds. The highest BCUT2D eigenvalue weighted by Gasteiger charge is 2.35. The molecule has 1 aliphatic heterocycles. The van der Waals surface area contributed by atoms with Crippen molar-refractivity contribution in [3.8, 4) is 5.75 Å². The predicted molar refractivity (Wildman–Crippen MR) is 138 cm³/mol. The second-order valence-corrected chi connectivity index (χ2v) is 9.14. The number of carbonyl (C=O) groups is 1. The number of hydrogen-bond acceptors (Lipinski definition) is 7. The van der Waals surface area contributed by atoms with Gasteiger partial charge in [0.05, 0.1) is 19.3 Å². The minimum atomic E-state index is -0.460. The number of esters is 1. The largest absolute Gasteiger partial charge is 0.497 e. The zero-order chi connectivity index (χ0) is 24.4. The summed E-state index contributed by atoms with van der Waals surface area (Å²) in [6.07, 6.45) is 0. The zero-order valence-electron chi connectivity index (χ0n) is 19.8. The number of thioether (sulfide) groups is 1. The molecule has 1 atom stereocenters. The summed E-state index contributed by atoms with van der Waals surface area (Å²) in [6.45, 7) is 3.96. The summed E-state index contributed by atoms with van der Waals surface area (Å²) < 4.78 is 12.5. The number of nitrogens with zero attached hydrogens (tertiary/aromatic N) is 3. The molecule has 0 radical (unpaired) electrons. The maximum absolute atomic E-state index is 12.9. The van der Waals surface area contributed by atoms with Crippen LogP contribution in [-0.4, -0.2) is 34.5 Å². The third-order valence-electron chi connectivity index (χ3n) is 5.94. The Morgan fingerprint density at radius 3 is 2.60 bits per heavy atom. The molecule has 1 aromatic heterocycles. The van der Waals surface area contributed by atoms with Gasteiger partial charge in [-0.05, 0) is 47.9 Å². The number of nitrogens with one attached hydrogen (secondary N) is 1. The molecule has 3 aromatic carbocycles. The van der Waals surface area contributed by atoms with E-state index in [1.165, 1.54) is 16.3 Å². The quantitative estimate of drug-likeness (QED) is 0.270. The molecule has 1 aliphatic rings. The zero-order valence-corrected chi connectivity index (χ0v) is 20.6. The number of ether oxygens (including phenoxy) is 2. The molecular weight excluding hydrogens is 460 g/mol. The lowest BCUT2D eigenvalue weighted by molar-refractivity contribution is -0.139. The molecule has 4 aromatic rings. The number of rotatable bonds is 7. The van der Waals surface area contributed by atoms with E-state index in [9.17, 15) is 4.79 Å². The van der Waals surface area contributed by atoms with Crippen molar-refractivity contribution in [2.75, 3.05) is 19.0 Å². The minimum Gasteiger partial charge on any atom is -0.497 e. The molecule has 178 valence electrons. The fraction of sp³-hybridized carbons (Fsp3) is 0.222. The van der Waals surface area contributed by atoms with Crippen molar-refractivity contribution in [1.29, 1.82) is 0 Å². The van der Waals surface area contributed by atoms with Crippen molar-refractivity contribution in [2.45, 2.75) is 30.8 Å². The molecule has 0 saturated carbocycles. The van der Waals surface area contributed by atoms with Crippen molar-refractivity contribution >= 4 is 34.5 Å². The lowest BCUT2D eigenvalue weighted by Crippen LogP contribution is -2.29. The summed E-state index contributed by atoms with van der Waals surface area (Å²) in [5, 5.41) is 11.1. The first-order valence-corrected chi connectivity index (χ1v) is 12.4. The Kier molecular flexibility index (Phi) is 6.46. The first kappa shape index (κ1) is 23.0. The standard InChI is InChI=1S/C27H26N4O3S/c1-4-34-25(32)23-17(2)28-26-29-27(30-31(26)24(23)20-11-13-22(33-3)14-12-20)35-16-18-9-10-19-7-5-6-8-21(19)15-18/h5-15,24H,4,16H2,1-3H3,(H,28,29,30)/t24-/m1/s1. The first-order chi connectivity index (χ1) is 17.1. The number of methoxy groups -OCH3 is 1. The number of fused-ring (bicyclic) bond motifs is 2. The molecule has 0 unspecified atom stereocenters. The fourth-order valence-corrected chi connectivity index (χ4v) is 5.01. The van der Waals surface area contributed by atoms with Crippen LogP contribution in [0, 0.1) is 0 Å². The smallest absolute Gasteiger partial charge is 0.338 e. The van der Waals surface area contributed by atoms with Crippen LogP contribution in [-0.2, 0) is 15.3 Å². The molecule has 35 heavy (non-hydrogen) atoms. The normalized spacial score (nSPS) is 15.0. The Balaban J connectivity index is 1.46. The minimum absolute atomic E-state index is 0.294. The van der Waals surface area contributed by atoms with Gasteiger partial charge in [0, 0.05) is 11.4 Å². The van der Waals surface area contributed by atoms with Crippen molar-refractivity contribution < 1.29 is 14.3 Å². The fourth-order valence-electron chi connectivity index (χ4n) is 4.24. The van der Waals surface area contributed by atoms with E-state index in [2.05, 4.69) is 35.6 Å². The number of anilines is 1. The topological polar surface area (TPSA) is 78.3 Å². The Labute approximate surface area is 208 Å². The molecule has 2 heterocycles. The van der Waals surface area contributed by atoms with Crippen molar-refractivity contribution in [3.63, 3.8) is 0 Å². The molecule has 7 nitrogen and oxygen atoms in total. The van der Waals surface area contributed by atoms with Gasteiger partial charge in [0.25, 0.3) is 0 Å². The summed E-state index contributed by atoms with van der Waals surface area (Å²) >= 11 is 1.56. The Morgan fingerprint density at radius 1 is 1.09 bits per heavy atom. The third kappa shape index (κ3) is 4.61. The number of carbonyl (C=O) groups excluding carboxylic acids is 1. The van der Waals surface area contributed by atoms with Crippen LogP contribution >= 0.6 is 11.8 Å². The second kappa shape index (κ2) is 9.84.